The van der Waals surface area contributed by atoms with E-state index in [1.165, 1.54) is 33.9 Å². The quantitative estimate of drug-likeness (QED) is 0.322. The number of rotatable bonds is 11. The minimum atomic E-state index is -1.69. The van der Waals surface area contributed by atoms with Crippen molar-refractivity contribution in [1.82, 2.24) is 25.1 Å². The number of halogens is 2. The number of hydrogen-bond acceptors (Lipinski definition) is 7. The number of carboxylic acid groups (broad SMARTS) is 1. The predicted octanol–water partition coefficient (Wildman–Crippen LogP) is 2.45. The number of aliphatic carboxylic acids is 1. The van der Waals surface area contributed by atoms with E-state index >= 15 is 0 Å². The summed E-state index contributed by atoms with van der Waals surface area (Å²) >= 11 is 5.96. The highest BCUT2D eigenvalue weighted by Crippen LogP contribution is 2.26. The molecule has 11 heteroatoms. The van der Waals surface area contributed by atoms with Crippen LogP contribution in [0.1, 0.15) is 16.2 Å². The fourth-order valence-corrected chi connectivity index (χ4v) is 3.37. The fourth-order valence-electron chi connectivity index (χ4n) is 3.20. The van der Waals surface area contributed by atoms with Gasteiger partial charge in [-0.25, -0.2) is 13.9 Å². The second kappa shape index (κ2) is 10.9. The number of nitrogens with zero attached hydrogens (tertiary/aromatic N) is 5. The molecule has 1 heterocycles. The van der Waals surface area contributed by atoms with Crippen molar-refractivity contribution in [2.45, 2.75) is 19.2 Å². The summed E-state index contributed by atoms with van der Waals surface area (Å²) in [4.78, 5) is 25.4. The van der Waals surface area contributed by atoms with Gasteiger partial charge in [-0.3, -0.25) is 9.69 Å². The number of hydrogen-bond donors (Lipinski definition) is 2. The van der Waals surface area contributed by atoms with Gasteiger partial charge in [0, 0.05) is 23.7 Å². The maximum absolute atomic E-state index is 14.1. The molecule has 3 aromatic rings. The van der Waals surface area contributed by atoms with Crippen molar-refractivity contribution < 1.29 is 24.2 Å². The molecule has 9 nitrogen and oxygen atoms in total. The minimum absolute atomic E-state index is 0.00325. The van der Waals surface area contributed by atoms with Crippen molar-refractivity contribution >= 4 is 23.4 Å². The maximum Gasteiger partial charge on any atom is 0.333 e. The summed E-state index contributed by atoms with van der Waals surface area (Å²) in [7, 11) is 0. The number of carbonyl (C=O) groups is 2. The van der Waals surface area contributed by atoms with Crippen LogP contribution in [-0.4, -0.2) is 66.3 Å². The predicted molar refractivity (Wildman–Crippen MR) is 118 cm³/mol. The molecule has 0 bridgehead atoms. The topological polar surface area (TPSA) is 121 Å². The van der Waals surface area contributed by atoms with Crippen LogP contribution in [0.15, 0.2) is 55.1 Å². The van der Waals surface area contributed by atoms with Crippen LogP contribution in [-0.2, 0) is 17.9 Å². The van der Waals surface area contributed by atoms with Crippen LogP contribution in [0.5, 0.6) is 0 Å². The molecule has 0 aliphatic rings. The first-order valence-corrected chi connectivity index (χ1v) is 10.2. The largest absolute Gasteiger partial charge is 0.479 e. The lowest BCUT2D eigenvalue weighted by Gasteiger charge is -2.23. The molecule has 1 atom stereocenters. The molecular formula is C22H21ClFN5O4. The fraction of sp³-hybridized carbons (Fsp3) is 0.227. The van der Waals surface area contributed by atoms with Crippen LogP contribution in [0.4, 0.5) is 4.39 Å². The second-order valence-electron chi connectivity index (χ2n) is 7.24. The molecule has 0 fully saturated rings. The van der Waals surface area contributed by atoms with Crippen molar-refractivity contribution in [2.24, 2.45) is 0 Å². The average molecular weight is 474 g/mol. The molecule has 33 heavy (non-hydrogen) atoms. The lowest BCUT2D eigenvalue weighted by Crippen LogP contribution is -2.39. The summed E-state index contributed by atoms with van der Waals surface area (Å²) in [5.74, 6) is -2.27. The number of Topliss-reactive ketones (excluding diaryl/α,β-unsaturated/α-hetero) is 1. The van der Waals surface area contributed by atoms with Crippen LogP contribution >= 0.6 is 11.6 Å². The highest BCUT2D eigenvalue weighted by Gasteiger charge is 2.23. The van der Waals surface area contributed by atoms with Crippen LogP contribution in [0.25, 0.3) is 11.1 Å². The number of aliphatic hydroxyl groups excluding tert-OH is 1. The van der Waals surface area contributed by atoms with Crippen LogP contribution in [0.3, 0.4) is 0 Å². The van der Waals surface area contributed by atoms with E-state index in [9.17, 15) is 19.1 Å². The monoisotopic (exact) mass is 473 g/mol. The number of benzene rings is 2. The molecule has 172 valence electrons. The first-order valence-electron chi connectivity index (χ1n) is 9.86. The van der Waals surface area contributed by atoms with Crippen LogP contribution in [0.2, 0.25) is 5.02 Å². The first-order chi connectivity index (χ1) is 15.8. The number of carboxylic acids is 1. The Hall–Kier alpha value is -3.47. The lowest BCUT2D eigenvalue weighted by molar-refractivity contribution is -0.147. The van der Waals surface area contributed by atoms with E-state index in [4.69, 9.17) is 16.7 Å². The van der Waals surface area contributed by atoms with Gasteiger partial charge >= 0.3 is 5.97 Å². The minimum Gasteiger partial charge on any atom is -0.479 e. The molecule has 0 radical (unpaired) electrons. The normalized spacial score (nSPS) is 12.0. The Kier molecular flexibility index (Phi) is 7.99. The van der Waals surface area contributed by atoms with E-state index in [1.807, 2.05) is 0 Å². The molecule has 3 rings (SSSR count). The first kappa shape index (κ1) is 24.2. The van der Waals surface area contributed by atoms with E-state index < -0.39 is 23.7 Å². The summed E-state index contributed by atoms with van der Waals surface area (Å²) < 4.78 is 15.4. The zero-order valence-corrected chi connectivity index (χ0v) is 18.2. The van der Waals surface area contributed by atoms with Gasteiger partial charge < -0.3 is 10.2 Å². The van der Waals surface area contributed by atoms with Gasteiger partial charge in [0.2, 0.25) is 11.6 Å². The molecule has 2 aromatic carbocycles. The summed E-state index contributed by atoms with van der Waals surface area (Å²) in [5.41, 5.74) is 1.67. The SMILES string of the molecule is C=CCn1nnnc1C(=O)CN(Cc1ccc(-c2cc(Cl)ccc2F)cc1)C[C@@H](O)C(=O)O. The van der Waals surface area contributed by atoms with E-state index in [2.05, 4.69) is 22.1 Å². The highest BCUT2D eigenvalue weighted by atomic mass is 35.5. The third-order valence-corrected chi connectivity index (χ3v) is 5.00. The van der Waals surface area contributed by atoms with Crippen molar-refractivity contribution in [2.75, 3.05) is 13.1 Å². The van der Waals surface area contributed by atoms with Gasteiger partial charge in [0.05, 0.1) is 13.1 Å². The average Bonchev–Trinajstić information content (AvgIpc) is 3.24. The Morgan fingerprint density at radius 1 is 1.24 bits per heavy atom. The molecule has 0 aliphatic heterocycles. The smallest absolute Gasteiger partial charge is 0.333 e. The molecule has 0 aliphatic carbocycles. The lowest BCUT2D eigenvalue weighted by atomic mass is 10.0. The van der Waals surface area contributed by atoms with E-state index in [0.717, 1.165) is 5.56 Å². The molecule has 0 saturated heterocycles. The van der Waals surface area contributed by atoms with Gasteiger partial charge in [-0.15, -0.1) is 11.7 Å². The summed E-state index contributed by atoms with van der Waals surface area (Å²) in [6, 6.07) is 11.1. The Labute approximate surface area is 193 Å². The third kappa shape index (κ3) is 6.28. The zero-order chi connectivity index (χ0) is 24.0. The number of ketones is 1. The summed E-state index contributed by atoms with van der Waals surface area (Å²) in [6.07, 6.45) is -0.162. The van der Waals surface area contributed by atoms with Gasteiger partial charge in [-0.1, -0.05) is 41.9 Å². The maximum atomic E-state index is 14.1. The van der Waals surface area contributed by atoms with E-state index in [1.54, 1.807) is 24.3 Å². The van der Waals surface area contributed by atoms with Gasteiger partial charge in [-0.2, -0.15) is 0 Å². The van der Waals surface area contributed by atoms with E-state index in [-0.39, 0.29) is 32.0 Å². The third-order valence-electron chi connectivity index (χ3n) is 4.77. The Bertz CT molecular complexity index is 1150. The number of carbonyl (C=O) groups excluding carboxylic acids is 1. The molecule has 0 spiro atoms. The molecule has 2 N–H and O–H groups in total. The van der Waals surface area contributed by atoms with Gasteiger partial charge in [-0.05, 0) is 39.8 Å². The number of tetrazole rings is 1. The number of aromatic nitrogens is 4. The second-order valence-corrected chi connectivity index (χ2v) is 7.68. The molecule has 1 aromatic heterocycles. The molecule has 0 amide bonds. The van der Waals surface area contributed by atoms with Gasteiger partial charge in [0.1, 0.15) is 5.82 Å². The van der Waals surface area contributed by atoms with Crippen LogP contribution < -0.4 is 0 Å². The summed E-state index contributed by atoms with van der Waals surface area (Å²) in [5, 5.41) is 30.3. The number of allylic oxidation sites excluding steroid dienone is 1. The Morgan fingerprint density at radius 2 is 1.97 bits per heavy atom. The van der Waals surface area contributed by atoms with Crippen LogP contribution in [0, 0.1) is 5.82 Å². The van der Waals surface area contributed by atoms with Crippen molar-refractivity contribution in [3.05, 3.63) is 77.3 Å². The Balaban J connectivity index is 1.79. The number of aliphatic hydroxyl groups is 1. The van der Waals surface area contributed by atoms with Crippen molar-refractivity contribution in [3.8, 4) is 11.1 Å². The zero-order valence-electron chi connectivity index (χ0n) is 17.4. The van der Waals surface area contributed by atoms with Crippen molar-refractivity contribution in [1.29, 1.82) is 0 Å². The van der Waals surface area contributed by atoms with Crippen molar-refractivity contribution in [3.63, 3.8) is 0 Å². The molecular weight excluding hydrogens is 453 g/mol. The highest BCUT2D eigenvalue weighted by molar-refractivity contribution is 6.30. The summed E-state index contributed by atoms with van der Waals surface area (Å²) in [6.45, 7) is 3.44. The molecule has 0 unspecified atom stereocenters. The molecule has 0 saturated carbocycles. The Morgan fingerprint density at radius 3 is 2.64 bits per heavy atom. The van der Waals surface area contributed by atoms with Gasteiger partial charge in [0.15, 0.2) is 6.10 Å². The van der Waals surface area contributed by atoms with Gasteiger partial charge in [0.25, 0.3) is 0 Å². The standard InChI is InChI=1S/C22H21ClFN5O4/c1-2-9-29-21(25-26-27-29)19(30)12-28(13-20(31)22(32)33)11-14-3-5-15(6-4-14)17-10-16(23)7-8-18(17)24/h2-8,10,20,31H,1,9,11-13H2,(H,32,33)/t20-/m1/s1. The van der Waals surface area contributed by atoms with E-state index in [0.29, 0.717) is 16.1 Å².